The Morgan fingerprint density at radius 2 is 2.15 bits per heavy atom. The van der Waals surface area contributed by atoms with Crippen LogP contribution in [0, 0.1) is 0 Å². The summed E-state index contributed by atoms with van der Waals surface area (Å²) in [5, 5.41) is 7.23. The molecule has 66 valence electrons. The zero-order valence-electron chi connectivity index (χ0n) is 6.85. The van der Waals surface area contributed by atoms with Crippen LogP contribution in [0.25, 0.3) is 11.0 Å². The van der Waals surface area contributed by atoms with Gasteiger partial charge in [0.2, 0.25) is 0 Å². The van der Waals surface area contributed by atoms with E-state index >= 15 is 0 Å². The highest BCUT2D eigenvalue weighted by Gasteiger charge is 2.10. The number of hydrogen-bond acceptors (Lipinski definition) is 5. The van der Waals surface area contributed by atoms with Gasteiger partial charge in [-0.2, -0.15) is 0 Å². The number of carbonyl (C=O) groups is 1. The fraction of sp³-hybridized carbons (Fsp3) is 0.125. The van der Waals surface area contributed by atoms with Crippen molar-refractivity contribution in [2.75, 3.05) is 7.11 Å². The van der Waals surface area contributed by atoms with E-state index in [4.69, 9.17) is 4.74 Å². The highest BCUT2D eigenvalue weighted by molar-refractivity contribution is 5.96. The minimum atomic E-state index is 0.425. The van der Waals surface area contributed by atoms with Gasteiger partial charge in [-0.15, -0.1) is 0 Å². The summed E-state index contributed by atoms with van der Waals surface area (Å²) in [6, 6.07) is 3.26. The monoisotopic (exact) mass is 178 g/mol. The van der Waals surface area contributed by atoms with Crippen molar-refractivity contribution in [2.45, 2.75) is 0 Å². The molecule has 0 spiro atoms. The lowest BCUT2D eigenvalue weighted by molar-refractivity contribution is 0.112. The predicted octanol–water partition coefficient (Wildman–Crippen LogP) is 1.04. The van der Waals surface area contributed by atoms with Crippen LogP contribution in [0.5, 0.6) is 5.75 Å². The first-order chi connectivity index (χ1) is 6.36. The number of benzene rings is 1. The zero-order valence-corrected chi connectivity index (χ0v) is 6.85. The third-order valence-electron chi connectivity index (χ3n) is 1.76. The maximum atomic E-state index is 10.6. The Morgan fingerprint density at radius 1 is 1.38 bits per heavy atom. The molecule has 0 aliphatic rings. The number of ether oxygens (including phenoxy) is 1. The summed E-state index contributed by atoms with van der Waals surface area (Å²) in [6.45, 7) is 0. The van der Waals surface area contributed by atoms with Gasteiger partial charge in [-0.3, -0.25) is 4.79 Å². The van der Waals surface area contributed by atoms with Gasteiger partial charge < -0.3 is 4.74 Å². The molecule has 0 bridgehead atoms. The molecule has 0 saturated carbocycles. The third-order valence-corrected chi connectivity index (χ3v) is 1.76. The van der Waals surface area contributed by atoms with Gasteiger partial charge in [-0.05, 0) is 22.4 Å². The van der Waals surface area contributed by atoms with Crippen molar-refractivity contribution >= 4 is 17.3 Å². The van der Waals surface area contributed by atoms with Crippen LogP contribution in [0.3, 0.4) is 0 Å². The highest BCUT2D eigenvalue weighted by atomic mass is 16.6. The van der Waals surface area contributed by atoms with E-state index in [0.29, 0.717) is 28.6 Å². The second-order valence-corrected chi connectivity index (χ2v) is 2.44. The summed E-state index contributed by atoms with van der Waals surface area (Å²) >= 11 is 0. The first kappa shape index (κ1) is 7.72. The molecule has 1 aromatic carbocycles. The van der Waals surface area contributed by atoms with E-state index in [1.165, 1.54) is 7.11 Å². The molecule has 1 aromatic heterocycles. The molecule has 0 aliphatic heterocycles. The van der Waals surface area contributed by atoms with Gasteiger partial charge in [-0.1, -0.05) is 0 Å². The summed E-state index contributed by atoms with van der Waals surface area (Å²) in [7, 11) is 1.52. The molecule has 2 aromatic rings. The largest absolute Gasteiger partial charge is 0.494 e. The molecule has 0 saturated heterocycles. The first-order valence-corrected chi connectivity index (χ1v) is 3.61. The quantitative estimate of drug-likeness (QED) is 0.643. The van der Waals surface area contributed by atoms with Crippen LogP contribution in [0.15, 0.2) is 16.8 Å². The van der Waals surface area contributed by atoms with Gasteiger partial charge in [0.05, 0.1) is 7.11 Å². The molecular formula is C8H6N2O3. The Hall–Kier alpha value is -1.91. The summed E-state index contributed by atoms with van der Waals surface area (Å²) in [6.07, 6.45) is 0.700. The van der Waals surface area contributed by atoms with Crippen LogP contribution in [-0.2, 0) is 0 Å². The minimum absolute atomic E-state index is 0.425. The Morgan fingerprint density at radius 3 is 2.85 bits per heavy atom. The average Bonchev–Trinajstić information content (AvgIpc) is 2.64. The van der Waals surface area contributed by atoms with Gasteiger partial charge in [-0.25, -0.2) is 4.63 Å². The normalized spacial score (nSPS) is 10.2. The van der Waals surface area contributed by atoms with Gasteiger partial charge in [0.25, 0.3) is 0 Å². The van der Waals surface area contributed by atoms with E-state index in [0.717, 1.165) is 0 Å². The van der Waals surface area contributed by atoms with Crippen molar-refractivity contribution in [3.05, 3.63) is 17.7 Å². The van der Waals surface area contributed by atoms with Crippen LogP contribution < -0.4 is 4.74 Å². The SMILES string of the molecule is COc1ccc(C=O)c2nonc12. The van der Waals surface area contributed by atoms with Crippen molar-refractivity contribution in [2.24, 2.45) is 0 Å². The lowest BCUT2D eigenvalue weighted by Gasteiger charge is -1.98. The van der Waals surface area contributed by atoms with Gasteiger partial charge in [0.15, 0.2) is 11.8 Å². The maximum absolute atomic E-state index is 10.6. The van der Waals surface area contributed by atoms with E-state index in [2.05, 4.69) is 14.9 Å². The van der Waals surface area contributed by atoms with Crippen LogP contribution in [0.2, 0.25) is 0 Å². The molecular weight excluding hydrogens is 172 g/mol. The van der Waals surface area contributed by atoms with Crippen LogP contribution >= 0.6 is 0 Å². The molecule has 5 heteroatoms. The second kappa shape index (κ2) is 2.85. The van der Waals surface area contributed by atoms with E-state index in [-0.39, 0.29) is 0 Å². The molecule has 13 heavy (non-hydrogen) atoms. The number of aldehydes is 1. The molecule has 0 atom stereocenters. The zero-order chi connectivity index (χ0) is 9.26. The summed E-state index contributed by atoms with van der Waals surface area (Å²) < 4.78 is 9.52. The topological polar surface area (TPSA) is 65.2 Å². The lowest BCUT2D eigenvalue weighted by atomic mass is 10.2. The standard InChI is InChI=1S/C8H6N2O3/c1-12-6-3-2-5(4-11)7-8(6)10-13-9-7/h2-4H,1H3. The Kier molecular flexibility index (Phi) is 1.70. The van der Waals surface area contributed by atoms with Crippen molar-refractivity contribution in [3.8, 4) is 5.75 Å². The first-order valence-electron chi connectivity index (χ1n) is 3.61. The Bertz CT molecular complexity index is 450. The molecule has 0 N–H and O–H groups in total. The van der Waals surface area contributed by atoms with Gasteiger partial charge >= 0.3 is 0 Å². The number of hydrogen-bond donors (Lipinski definition) is 0. The Balaban J connectivity index is 2.81. The number of carbonyl (C=O) groups excluding carboxylic acids is 1. The molecule has 0 unspecified atom stereocenters. The van der Waals surface area contributed by atoms with Crippen molar-refractivity contribution < 1.29 is 14.2 Å². The van der Waals surface area contributed by atoms with E-state index in [9.17, 15) is 4.79 Å². The molecule has 0 fully saturated rings. The summed E-state index contributed by atoms with van der Waals surface area (Å²) in [5.41, 5.74) is 1.33. The second-order valence-electron chi connectivity index (χ2n) is 2.44. The van der Waals surface area contributed by atoms with Crippen LogP contribution in [0.4, 0.5) is 0 Å². The van der Waals surface area contributed by atoms with Crippen molar-refractivity contribution in [3.63, 3.8) is 0 Å². The molecule has 0 aliphatic carbocycles. The molecule has 2 rings (SSSR count). The van der Waals surface area contributed by atoms with Crippen molar-refractivity contribution in [1.82, 2.24) is 10.3 Å². The molecule has 1 heterocycles. The fourth-order valence-electron chi connectivity index (χ4n) is 1.12. The minimum Gasteiger partial charge on any atom is -0.494 e. The summed E-state index contributed by atoms with van der Waals surface area (Å²) in [5.74, 6) is 0.543. The van der Waals surface area contributed by atoms with Gasteiger partial charge in [0, 0.05) is 5.56 Å². The number of aromatic nitrogens is 2. The average molecular weight is 178 g/mol. The smallest absolute Gasteiger partial charge is 0.177 e. The van der Waals surface area contributed by atoms with E-state index in [1.54, 1.807) is 12.1 Å². The number of nitrogens with zero attached hydrogens (tertiary/aromatic N) is 2. The number of rotatable bonds is 2. The number of methoxy groups -OCH3 is 1. The third kappa shape index (κ3) is 1.05. The molecule has 0 amide bonds. The molecule has 0 radical (unpaired) electrons. The highest BCUT2D eigenvalue weighted by Crippen LogP contribution is 2.24. The van der Waals surface area contributed by atoms with Crippen LogP contribution in [-0.4, -0.2) is 23.7 Å². The van der Waals surface area contributed by atoms with E-state index in [1.807, 2.05) is 0 Å². The van der Waals surface area contributed by atoms with Crippen molar-refractivity contribution in [1.29, 1.82) is 0 Å². The lowest BCUT2D eigenvalue weighted by Crippen LogP contribution is -1.88. The fourth-order valence-corrected chi connectivity index (χ4v) is 1.12. The van der Waals surface area contributed by atoms with Crippen LogP contribution in [0.1, 0.15) is 10.4 Å². The number of fused-ring (bicyclic) bond motifs is 1. The Labute approximate surface area is 73.3 Å². The van der Waals surface area contributed by atoms with Gasteiger partial charge in [0.1, 0.15) is 11.3 Å². The predicted molar refractivity (Wildman–Crippen MR) is 43.7 cm³/mol. The maximum Gasteiger partial charge on any atom is 0.177 e. The van der Waals surface area contributed by atoms with E-state index < -0.39 is 0 Å². The summed E-state index contributed by atoms with van der Waals surface area (Å²) in [4.78, 5) is 10.6. The molecule has 5 nitrogen and oxygen atoms in total.